The van der Waals surface area contributed by atoms with Gasteiger partial charge >= 0.3 is 23.9 Å². The number of carbonyl (C=O) groups is 19. The predicted octanol–water partition coefficient (Wildman–Crippen LogP) is -12.7. The third-order valence-electron chi connectivity index (χ3n) is 17.6. The second kappa shape index (κ2) is 52.7. The van der Waals surface area contributed by atoms with Gasteiger partial charge in [0, 0.05) is 32.2 Å². The van der Waals surface area contributed by atoms with Crippen molar-refractivity contribution >= 4 is 118 Å². The SMILES string of the molecule is C[C@H](NC(=O)[C@H](CO)NC(=O)[C@H](Cc1ccc(O)cc1)NC(=O)[C@H](CCC(=O)O)NC(=O)[C@@H](NC(=O)[C@@H](NC(=O)[C@H](Cc1ccc(O)cc1)NC(=O)[C@H](CC(=O)O)NC(=O)[C@H](CCC(=O)O)NC(=O)[C@H](C)NC(=O)[C@H](CCCCN)NC(=O)[C@H](CC(N)=O)NC(=O)[C@H](CCCNC(=N)N)NC(=O)[C@@H](N)CO)[C@@H](C)O)[C@@H](C)O)C(=O)N[C@@H](CO)C(=O)O. The molecule has 0 saturated carbocycles. The molecule has 0 aliphatic heterocycles. The molecule has 0 fully saturated rings. The highest BCUT2D eigenvalue weighted by atomic mass is 16.4. The summed E-state index contributed by atoms with van der Waals surface area (Å²) >= 11 is 0. The molecule has 0 aliphatic carbocycles. The molecule has 17 atom stereocenters. The second-order valence-electron chi connectivity index (χ2n) is 27.7. The van der Waals surface area contributed by atoms with Gasteiger partial charge in [-0.1, -0.05) is 24.3 Å². The molecule has 2 aromatic rings. The number of aliphatic carboxylic acids is 4. The van der Waals surface area contributed by atoms with Gasteiger partial charge in [-0.15, -0.1) is 0 Å². The van der Waals surface area contributed by atoms with E-state index in [9.17, 15) is 147 Å². The Morgan fingerprint density at radius 2 is 0.686 bits per heavy atom. The van der Waals surface area contributed by atoms with E-state index in [2.05, 4.69) is 74.4 Å². The van der Waals surface area contributed by atoms with Crippen molar-refractivity contribution < 1.29 is 147 Å². The minimum absolute atomic E-state index is 0.0109. The lowest BCUT2D eigenvalue weighted by molar-refractivity contribution is -0.143. The van der Waals surface area contributed by atoms with Crippen LogP contribution in [-0.2, 0) is 104 Å². The number of primary amides is 1. The normalized spacial score (nSPS) is 15.2. The number of rotatable bonds is 56. The number of hydrogen-bond donors (Lipinski definition) is 31. The van der Waals surface area contributed by atoms with E-state index in [1.165, 1.54) is 36.4 Å². The first kappa shape index (κ1) is 104. The van der Waals surface area contributed by atoms with Crippen LogP contribution in [0.1, 0.15) is 109 Å². The number of phenols is 2. The molecule has 0 radical (unpaired) electrons. The van der Waals surface area contributed by atoms with Crippen molar-refractivity contribution in [2.45, 2.75) is 214 Å². The first-order valence-electron chi connectivity index (χ1n) is 37.5. The van der Waals surface area contributed by atoms with Crippen molar-refractivity contribution in [1.82, 2.24) is 79.8 Å². The van der Waals surface area contributed by atoms with Crippen LogP contribution in [0.3, 0.4) is 0 Å². The molecule has 50 heteroatoms. The number of carbonyl (C=O) groups excluding carboxylic acids is 15. The topological polar surface area (TPSA) is 855 Å². The Morgan fingerprint density at radius 3 is 1.07 bits per heavy atom. The molecule has 35 N–H and O–H groups in total. The third kappa shape index (κ3) is 38.5. The van der Waals surface area contributed by atoms with Crippen LogP contribution < -0.4 is 103 Å². The molecule has 15 amide bonds. The maximum atomic E-state index is 14.5. The van der Waals surface area contributed by atoms with Crippen LogP contribution in [-0.4, -0.2) is 310 Å². The van der Waals surface area contributed by atoms with Crippen molar-refractivity contribution in [2.24, 2.45) is 22.9 Å². The summed E-state index contributed by atoms with van der Waals surface area (Å²) in [5, 5.41) is 150. The quantitative estimate of drug-likeness (QED) is 0.0166. The van der Waals surface area contributed by atoms with Gasteiger partial charge in [0.15, 0.2) is 5.96 Å². The Labute approximate surface area is 689 Å². The first-order chi connectivity index (χ1) is 56.7. The lowest BCUT2D eigenvalue weighted by Gasteiger charge is -2.29. The fraction of sp³-hybridized carbons (Fsp3) is 0.549. The number of benzene rings is 2. The van der Waals surface area contributed by atoms with E-state index in [0.717, 1.165) is 39.8 Å². The maximum absolute atomic E-state index is 14.5. The van der Waals surface area contributed by atoms with Crippen molar-refractivity contribution in [3.05, 3.63) is 59.7 Å². The van der Waals surface area contributed by atoms with Gasteiger partial charge in [0.1, 0.15) is 102 Å². The summed E-state index contributed by atoms with van der Waals surface area (Å²) in [6, 6.07) is -18.5. The molecule has 2 rings (SSSR count). The second-order valence-corrected chi connectivity index (χ2v) is 27.7. The number of amides is 15. The van der Waals surface area contributed by atoms with E-state index in [4.69, 9.17) is 28.3 Å². The molecule has 0 unspecified atom stereocenters. The zero-order chi connectivity index (χ0) is 91.7. The molecule has 672 valence electrons. The van der Waals surface area contributed by atoms with Gasteiger partial charge in [0.25, 0.3) is 0 Å². The number of nitrogens with one attached hydrogen (secondary N) is 16. The molecule has 0 saturated heterocycles. The van der Waals surface area contributed by atoms with E-state index in [-0.39, 0.29) is 67.8 Å². The van der Waals surface area contributed by atoms with E-state index in [1.807, 2.05) is 5.32 Å². The molecule has 0 aliphatic rings. The monoisotopic (exact) mass is 1720 g/mol. The Bertz CT molecular complexity index is 3950. The number of unbranched alkanes of at least 4 members (excludes halogenated alkanes) is 1. The smallest absolute Gasteiger partial charge is 0.328 e. The van der Waals surface area contributed by atoms with Crippen molar-refractivity contribution in [3.8, 4) is 11.5 Å². The van der Waals surface area contributed by atoms with Crippen LogP contribution in [0.15, 0.2) is 48.5 Å². The summed E-state index contributed by atoms with van der Waals surface area (Å²) < 4.78 is 0. The van der Waals surface area contributed by atoms with Crippen molar-refractivity contribution in [2.75, 3.05) is 32.9 Å². The van der Waals surface area contributed by atoms with Crippen LogP contribution in [0.5, 0.6) is 11.5 Å². The molecule has 0 bridgehead atoms. The Hall–Kier alpha value is -13.0. The Balaban J connectivity index is 2.55. The van der Waals surface area contributed by atoms with E-state index < -0.39 is 292 Å². The number of aliphatic hydroxyl groups is 5. The summed E-state index contributed by atoms with van der Waals surface area (Å²) in [4.78, 5) is 254. The largest absolute Gasteiger partial charge is 0.508 e. The average molecular weight is 1720 g/mol. The third-order valence-corrected chi connectivity index (χ3v) is 17.6. The predicted molar refractivity (Wildman–Crippen MR) is 414 cm³/mol. The number of carboxylic acid groups (broad SMARTS) is 4. The average Bonchev–Trinajstić information content (AvgIpc) is 0.924. The number of aromatic hydroxyl groups is 2. The summed E-state index contributed by atoms with van der Waals surface area (Å²) in [5.41, 5.74) is 22.3. The molecule has 50 nitrogen and oxygen atoms in total. The zero-order valence-corrected chi connectivity index (χ0v) is 66.1. The first-order valence-corrected chi connectivity index (χ1v) is 37.5. The lowest BCUT2D eigenvalue weighted by atomic mass is 10.0. The highest BCUT2D eigenvalue weighted by Crippen LogP contribution is 2.16. The fourth-order valence-electron chi connectivity index (χ4n) is 10.9. The van der Waals surface area contributed by atoms with Gasteiger partial charge in [0.05, 0.1) is 44.9 Å². The van der Waals surface area contributed by atoms with Crippen LogP contribution in [0, 0.1) is 5.41 Å². The molecular weight excluding hydrogens is 1610 g/mol. The van der Waals surface area contributed by atoms with Gasteiger partial charge in [-0.2, -0.15) is 0 Å². The standard InChI is InChI=1S/C71H108N20O30/c1-31(78-59(109)40(8-5-6-22-72)82-64(114)46(26-50(74)99)86-60(110)41(9-7-23-77-71(75)76)81-58(108)39(73)28-92)56(106)80-42(18-20-51(100)101)61(111)87-47(27-53(104)105)65(115)85-45(25-36-12-16-38(98)17-13-36)66(116)90-55(34(4)96)69(119)91-54(33(3)95)68(118)83-43(19-21-52(102)103)62(112)84-44(24-35-10-14-37(97)15-11-35)63(113)88-48(29-93)67(117)79-32(2)57(107)89-49(30-94)70(120)121/h10-17,31-34,39-49,54-55,92-98H,5-9,18-30,72-73H2,1-4H3,(H2,74,99)(H,78,109)(H,79,117)(H,80,106)(H,81,108)(H,82,114)(H,83,118)(H,84,112)(H,85,115)(H,86,110)(H,87,111)(H,88,113)(H,89,107)(H,90,116)(H,91,119)(H,100,101)(H,102,103)(H,104,105)(H,120,121)(H4,75,76,77)/t31-,32-,33+,34+,39-,40-,41-,42-,43-,44-,45-,46-,47-,48-,49-,54-,55-/m0/s1. The fourth-order valence-corrected chi connectivity index (χ4v) is 10.9. The van der Waals surface area contributed by atoms with E-state index >= 15 is 0 Å². The van der Waals surface area contributed by atoms with E-state index in [1.54, 1.807) is 0 Å². The number of hydrogen-bond acceptors (Lipinski definition) is 29. The highest BCUT2D eigenvalue weighted by Gasteiger charge is 2.40. The molecule has 2 aromatic carbocycles. The summed E-state index contributed by atoms with van der Waals surface area (Å²) in [6.45, 7) is 0.978. The molecular formula is C71H108N20O30. The summed E-state index contributed by atoms with van der Waals surface area (Å²) in [5.74, 6) is -26.8. The van der Waals surface area contributed by atoms with Gasteiger partial charge < -0.3 is 159 Å². The van der Waals surface area contributed by atoms with Gasteiger partial charge in [0.2, 0.25) is 88.6 Å². The lowest BCUT2D eigenvalue weighted by Crippen LogP contribution is -2.63. The summed E-state index contributed by atoms with van der Waals surface area (Å²) in [6.07, 6.45) is -10.9. The zero-order valence-electron chi connectivity index (χ0n) is 66.1. The van der Waals surface area contributed by atoms with Crippen molar-refractivity contribution in [3.63, 3.8) is 0 Å². The van der Waals surface area contributed by atoms with Crippen LogP contribution >= 0.6 is 0 Å². The van der Waals surface area contributed by atoms with Gasteiger partial charge in [-0.05, 0) is 115 Å². The molecule has 0 spiro atoms. The minimum Gasteiger partial charge on any atom is -0.508 e. The van der Waals surface area contributed by atoms with E-state index in [0.29, 0.717) is 0 Å². The number of guanidine groups is 1. The van der Waals surface area contributed by atoms with Crippen molar-refractivity contribution in [1.29, 1.82) is 5.41 Å². The number of aliphatic hydroxyl groups excluding tert-OH is 5. The Morgan fingerprint density at radius 1 is 0.364 bits per heavy atom. The van der Waals surface area contributed by atoms with Crippen LogP contribution in [0.4, 0.5) is 0 Å². The molecule has 0 heterocycles. The maximum Gasteiger partial charge on any atom is 0.328 e. The number of carboxylic acids is 4. The van der Waals surface area contributed by atoms with Gasteiger partial charge in [-0.3, -0.25) is 91.7 Å². The molecule has 121 heavy (non-hydrogen) atoms. The summed E-state index contributed by atoms with van der Waals surface area (Å²) in [7, 11) is 0. The van der Waals surface area contributed by atoms with Crippen LogP contribution in [0.2, 0.25) is 0 Å². The minimum atomic E-state index is -2.28. The Kier molecular flexibility index (Phi) is 45.3. The van der Waals surface area contributed by atoms with Gasteiger partial charge in [-0.25, -0.2) is 4.79 Å². The number of phenolic OH excluding ortho intramolecular Hbond substituents is 2. The number of nitrogens with two attached hydrogens (primary N) is 4. The molecule has 0 aromatic heterocycles. The van der Waals surface area contributed by atoms with Crippen LogP contribution in [0.25, 0.3) is 0 Å². The highest BCUT2D eigenvalue weighted by molar-refractivity contribution is 6.02.